The fourth-order valence-electron chi connectivity index (χ4n) is 1.64. The van der Waals surface area contributed by atoms with E-state index in [1.807, 2.05) is 23.9 Å². The monoisotopic (exact) mass is 205 g/mol. The fourth-order valence-corrected chi connectivity index (χ4v) is 1.64. The first-order valence-corrected chi connectivity index (χ1v) is 4.94. The number of rotatable bonds is 1. The topological polar surface area (TPSA) is 43.9 Å². The van der Waals surface area contributed by atoms with Gasteiger partial charge in [0.1, 0.15) is 5.69 Å². The summed E-state index contributed by atoms with van der Waals surface area (Å²) in [5.41, 5.74) is 2.09. The molecule has 0 spiro atoms. The van der Waals surface area contributed by atoms with Crippen LogP contribution in [-0.4, -0.2) is 14.9 Å². The molecule has 0 atom stereocenters. The van der Waals surface area contributed by atoms with Crippen molar-refractivity contribution < 1.29 is 4.52 Å². The highest BCUT2D eigenvalue weighted by molar-refractivity contribution is 5.52. The molecule has 0 radical (unpaired) electrons. The molecule has 80 valence electrons. The molecular weight excluding hydrogens is 190 g/mol. The highest BCUT2D eigenvalue weighted by atomic mass is 16.5. The van der Waals surface area contributed by atoms with Crippen molar-refractivity contribution in [2.24, 2.45) is 7.05 Å². The molecule has 4 heteroatoms. The summed E-state index contributed by atoms with van der Waals surface area (Å²) in [4.78, 5) is 0. The lowest BCUT2D eigenvalue weighted by Crippen LogP contribution is -2.16. The standard InChI is InChI=1S/C11H15N3O/c1-11(2,3)10-7-8(13-14(10)4)9-5-6-12-15-9/h5-7H,1-4H3. The zero-order valence-corrected chi connectivity index (χ0v) is 9.48. The summed E-state index contributed by atoms with van der Waals surface area (Å²) in [5, 5.41) is 8.08. The zero-order valence-electron chi connectivity index (χ0n) is 9.48. The van der Waals surface area contributed by atoms with Crippen LogP contribution in [0.4, 0.5) is 0 Å². The lowest BCUT2D eigenvalue weighted by Gasteiger charge is -2.17. The van der Waals surface area contributed by atoms with E-state index >= 15 is 0 Å². The molecule has 0 N–H and O–H groups in total. The second-order valence-electron chi connectivity index (χ2n) is 4.67. The highest BCUT2D eigenvalue weighted by Gasteiger charge is 2.20. The van der Waals surface area contributed by atoms with Gasteiger partial charge in [-0.25, -0.2) is 0 Å². The van der Waals surface area contributed by atoms with Gasteiger partial charge in [0.2, 0.25) is 0 Å². The average Bonchev–Trinajstić information content (AvgIpc) is 2.68. The molecule has 2 aromatic heterocycles. The van der Waals surface area contributed by atoms with E-state index in [9.17, 15) is 0 Å². The molecule has 2 heterocycles. The van der Waals surface area contributed by atoms with Crippen LogP contribution in [0.15, 0.2) is 22.9 Å². The molecular formula is C11H15N3O. The zero-order chi connectivity index (χ0) is 11.1. The molecule has 0 saturated heterocycles. The van der Waals surface area contributed by atoms with E-state index in [0.717, 1.165) is 5.69 Å². The van der Waals surface area contributed by atoms with Gasteiger partial charge in [0.15, 0.2) is 5.76 Å². The normalized spacial score (nSPS) is 12.0. The summed E-state index contributed by atoms with van der Waals surface area (Å²) in [6, 6.07) is 3.86. The molecule has 0 aliphatic heterocycles. The number of hydrogen-bond donors (Lipinski definition) is 0. The Hall–Kier alpha value is -1.58. The maximum Gasteiger partial charge on any atom is 0.187 e. The Balaban J connectivity index is 2.47. The van der Waals surface area contributed by atoms with Crippen LogP contribution in [0.2, 0.25) is 0 Å². The summed E-state index contributed by atoms with van der Waals surface area (Å²) < 4.78 is 6.96. The summed E-state index contributed by atoms with van der Waals surface area (Å²) in [6.07, 6.45) is 1.63. The van der Waals surface area contributed by atoms with Gasteiger partial charge in [-0.1, -0.05) is 25.9 Å². The van der Waals surface area contributed by atoms with Crippen LogP contribution in [0, 0.1) is 0 Å². The van der Waals surface area contributed by atoms with Crippen LogP contribution < -0.4 is 0 Å². The summed E-state index contributed by atoms with van der Waals surface area (Å²) >= 11 is 0. The van der Waals surface area contributed by atoms with Gasteiger partial charge in [-0.2, -0.15) is 5.10 Å². The van der Waals surface area contributed by atoms with Crippen molar-refractivity contribution in [2.75, 3.05) is 0 Å². The number of aromatic nitrogens is 3. The van der Waals surface area contributed by atoms with Gasteiger partial charge < -0.3 is 4.52 Å². The van der Waals surface area contributed by atoms with Gasteiger partial charge in [-0.05, 0) is 6.07 Å². The van der Waals surface area contributed by atoms with Crippen molar-refractivity contribution in [2.45, 2.75) is 26.2 Å². The van der Waals surface area contributed by atoms with Gasteiger partial charge in [0.25, 0.3) is 0 Å². The second kappa shape index (κ2) is 3.22. The highest BCUT2D eigenvalue weighted by Crippen LogP contribution is 2.26. The lowest BCUT2D eigenvalue weighted by atomic mass is 9.92. The average molecular weight is 205 g/mol. The van der Waals surface area contributed by atoms with E-state index in [1.54, 1.807) is 6.20 Å². The molecule has 0 saturated carbocycles. The van der Waals surface area contributed by atoms with Crippen molar-refractivity contribution in [3.8, 4) is 11.5 Å². The van der Waals surface area contributed by atoms with E-state index in [2.05, 4.69) is 31.0 Å². The van der Waals surface area contributed by atoms with Gasteiger partial charge >= 0.3 is 0 Å². The molecule has 0 aliphatic carbocycles. The lowest BCUT2D eigenvalue weighted by molar-refractivity contribution is 0.430. The predicted molar refractivity (Wildman–Crippen MR) is 57.4 cm³/mol. The second-order valence-corrected chi connectivity index (χ2v) is 4.67. The van der Waals surface area contributed by atoms with Crippen LogP contribution in [0.5, 0.6) is 0 Å². The van der Waals surface area contributed by atoms with Crippen molar-refractivity contribution >= 4 is 0 Å². The Bertz CT molecular complexity index is 449. The quantitative estimate of drug-likeness (QED) is 0.717. The van der Waals surface area contributed by atoms with Gasteiger partial charge in [-0.3, -0.25) is 4.68 Å². The van der Waals surface area contributed by atoms with Crippen molar-refractivity contribution in [1.29, 1.82) is 0 Å². The maximum absolute atomic E-state index is 5.07. The maximum atomic E-state index is 5.07. The minimum atomic E-state index is 0.0834. The molecule has 0 bridgehead atoms. The Labute approximate surface area is 88.9 Å². The van der Waals surface area contributed by atoms with Crippen LogP contribution in [0.1, 0.15) is 26.5 Å². The van der Waals surface area contributed by atoms with E-state index in [-0.39, 0.29) is 5.41 Å². The Morgan fingerprint density at radius 3 is 2.53 bits per heavy atom. The van der Waals surface area contributed by atoms with Gasteiger partial charge in [-0.15, -0.1) is 0 Å². The predicted octanol–water partition coefficient (Wildman–Crippen LogP) is 2.37. The smallest absolute Gasteiger partial charge is 0.187 e. The van der Waals surface area contributed by atoms with Gasteiger partial charge in [0, 0.05) is 24.2 Å². The number of nitrogens with zero attached hydrogens (tertiary/aromatic N) is 3. The molecule has 0 unspecified atom stereocenters. The first kappa shape index (κ1) is 9.96. The summed E-state index contributed by atoms with van der Waals surface area (Å²) in [7, 11) is 1.94. The van der Waals surface area contributed by atoms with Crippen molar-refractivity contribution in [3.05, 3.63) is 24.0 Å². The third-order valence-electron chi connectivity index (χ3n) is 2.34. The van der Waals surface area contributed by atoms with Crippen LogP contribution >= 0.6 is 0 Å². The third kappa shape index (κ3) is 1.79. The Kier molecular flexibility index (Phi) is 2.14. The van der Waals surface area contributed by atoms with Crippen LogP contribution in [-0.2, 0) is 12.5 Å². The van der Waals surface area contributed by atoms with Crippen molar-refractivity contribution in [3.63, 3.8) is 0 Å². The first-order chi connectivity index (χ1) is 6.98. The minimum Gasteiger partial charge on any atom is -0.355 e. The van der Waals surface area contributed by atoms with Crippen LogP contribution in [0.25, 0.3) is 11.5 Å². The molecule has 0 amide bonds. The van der Waals surface area contributed by atoms with Crippen LogP contribution in [0.3, 0.4) is 0 Å². The largest absolute Gasteiger partial charge is 0.355 e. The molecule has 0 aromatic carbocycles. The van der Waals surface area contributed by atoms with E-state index in [4.69, 9.17) is 4.52 Å². The van der Waals surface area contributed by atoms with Gasteiger partial charge in [0.05, 0.1) is 6.20 Å². The van der Waals surface area contributed by atoms with E-state index < -0.39 is 0 Å². The van der Waals surface area contributed by atoms with E-state index in [1.165, 1.54) is 5.69 Å². The van der Waals surface area contributed by atoms with E-state index in [0.29, 0.717) is 5.76 Å². The molecule has 0 aliphatic rings. The number of aryl methyl sites for hydroxylation is 1. The number of hydrogen-bond acceptors (Lipinski definition) is 3. The molecule has 4 nitrogen and oxygen atoms in total. The molecule has 2 rings (SSSR count). The molecule has 15 heavy (non-hydrogen) atoms. The molecule has 0 fully saturated rings. The van der Waals surface area contributed by atoms with Crippen molar-refractivity contribution in [1.82, 2.24) is 14.9 Å². The summed E-state index contributed by atoms with van der Waals surface area (Å²) in [5.74, 6) is 0.709. The summed E-state index contributed by atoms with van der Waals surface area (Å²) in [6.45, 7) is 6.48. The first-order valence-electron chi connectivity index (χ1n) is 4.94. The minimum absolute atomic E-state index is 0.0834. The Morgan fingerprint density at radius 2 is 2.07 bits per heavy atom. The Morgan fingerprint density at radius 1 is 1.33 bits per heavy atom. The SMILES string of the molecule is Cn1nc(-c2ccno2)cc1C(C)(C)C. The fraction of sp³-hybridized carbons (Fsp3) is 0.455. The molecule has 2 aromatic rings. The third-order valence-corrected chi connectivity index (χ3v) is 2.34.